The van der Waals surface area contributed by atoms with Crippen LogP contribution < -0.4 is 10.0 Å². The maximum Gasteiger partial charge on any atom is 0.265 e. The number of sulfonamides is 1. The van der Waals surface area contributed by atoms with E-state index in [9.17, 15) is 18.0 Å². The van der Waals surface area contributed by atoms with Crippen LogP contribution in [0.4, 0.5) is 0 Å². The van der Waals surface area contributed by atoms with E-state index in [2.05, 4.69) is 5.32 Å². The molecule has 0 saturated carbocycles. The van der Waals surface area contributed by atoms with Crippen molar-refractivity contribution in [2.24, 2.45) is 5.41 Å². The minimum absolute atomic E-state index is 0.0354. The summed E-state index contributed by atoms with van der Waals surface area (Å²) in [5.41, 5.74) is -0.994. The fraction of sp³-hybridized carbons (Fsp3) is 0.385. The van der Waals surface area contributed by atoms with Crippen molar-refractivity contribution >= 4 is 45.0 Å². The van der Waals surface area contributed by atoms with Gasteiger partial charge in [0.05, 0.1) is 10.4 Å². The Hall–Kier alpha value is -1.31. The Balaban J connectivity index is 2.23. The highest BCUT2D eigenvalue weighted by atomic mass is 35.5. The van der Waals surface area contributed by atoms with Crippen molar-refractivity contribution in [2.75, 3.05) is 6.54 Å². The average molecular weight is 365 g/mol. The molecule has 1 fully saturated rings. The summed E-state index contributed by atoms with van der Waals surface area (Å²) < 4.78 is 26.6. The molecule has 0 bridgehead atoms. The summed E-state index contributed by atoms with van der Waals surface area (Å²) in [6, 6.07) is 3.96. The fourth-order valence-corrected chi connectivity index (χ4v) is 3.90. The third-order valence-corrected chi connectivity index (χ3v) is 5.59. The van der Waals surface area contributed by atoms with Gasteiger partial charge < -0.3 is 5.32 Å². The number of carbonyl (C=O) groups is 2. The molecule has 1 aliphatic heterocycles. The van der Waals surface area contributed by atoms with E-state index >= 15 is 0 Å². The molecule has 22 heavy (non-hydrogen) atoms. The van der Waals surface area contributed by atoms with Crippen LogP contribution in [0.15, 0.2) is 23.1 Å². The number of nitrogens with one attached hydrogen (secondary N) is 2. The van der Waals surface area contributed by atoms with E-state index in [1.807, 2.05) is 4.72 Å². The maximum absolute atomic E-state index is 12.3. The van der Waals surface area contributed by atoms with Gasteiger partial charge in [0.25, 0.3) is 10.0 Å². The highest BCUT2D eigenvalue weighted by molar-refractivity contribution is 7.90. The van der Waals surface area contributed by atoms with Gasteiger partial charge in [-0.15, -0.1) is 0 Å². The zero-order valence-corrected chi connectivity index (χ0v) is 14.0. The van der Waals surface area contributed by atoms with Crippen LogP contribution in [0.1, 0.15) is 19.8 Å². The first-order chi connectivity index (χ1) is 10.1. The van der Waals surface area contributed by atoms with E-state index in [0.29, 0.717) is 0 Å². The lowest BCUT2D eigenvalue weighted by Crippen LogP contribution is -2.51. The first-order valence-electron chi connectivity index (χ1n) is 6.43. The zero-order chi connectivity index (χ0) is 16.5. The Kier molecular flexibility index (Phi) is 4.70. The molecule has 1 unspecified atom stereocenters. The van der Waals surface area contributed by atoms with Gasteiger partial charge in [-0.1, -0.05) is 23.2 Å². The predicted octanol–water partition coefficient (Wildman–Crippen LogP) is 1.71. The number of amides is 2. The highest BCUT2D eigenvalue weighted by Crippen LogP contribution is 2.29. The van der Waals surface area contributed by atoms with Gasteiger partial charge in [-0.2, -0.15) is 0 Å². The molecule has 0 spiro atoms. The zero-order valence-electron chi connectivity index (χ0n) is 11.7. The van der Waals surface area contributed by atoms with Crippen molar-refractivity contribution in [1.82, 2.24) is 10.0 Å². The van der Waals surface area contributed by atoms with Crippen molar-refractivity contribution in [3.8, 4) is 0 Å². The number of hydrogen-bond donors (Lipinski definition) is 2. The van der Waals surface area contributed by atoms with Crippen LogP contribution in [0.2, 0.25) is 10.0 Å². The molecule has 9 heteroatoms. The normalized spacial score (nSPS) is 22.0. The lowest BCUT2D eigenvalue weighted by molar-refractivity contribution is -0.133. The molecule has 1 aromatic rings. The molecule has 1 aliphatic rings. The minimum atomic E-state index is -4.14. The molecule has 2 rings (SSSR count). The number of carbonyl (C=O) groups excluding carboxylic acids is 2. The van der Waals surface area contributed by atoms with Crippen LogP contribution in [-0.2, 0) is 19.6 Å². The lowest BCUT2D eigenvalue weighted by atomic mass is 9.82. The maximum atomic E-state index is 12.3. The van der Waals surface area contributed by atoms with E-state index in [1.54, 1.807) is 6.92 Å². The van der Waals surface area contributed by atoms with Crippen LogP contribution >= 0.6 is 23.2 Å². The Morgan fingerprint density at radius 3 is 2.64 bits per heavy atom. The van der Waals surface area contributed by atoms with Crippen molar-refractivity contribution in [2.45, 2.75) is 24.7 Å². The molecule has 2 N–H and O–H groups in total. The third-order valence-electron chi connectivity index (χ3n) is 3.54. The number of piperidine rings is 1. The molecular weight excluding hydrogens is 351 g/mol. The van der Waals surface area contributed by atoms with Gasteiger partial charge in [-0.05, 0) is 31.5 Å². The van der Waals surface area contributed by atoms with Crippen molar-refractivity contribution in [3.05, 3.63) is 28.2 Å². The summed E-state index contributed by atoms with van der Waals surface area (Å²) in [7, 11) is -4.14. The Bertz CT molecular complexity index is 724. The first kappa shape index (κ1) is 17.1. The molecule has 1 heterocycles. The second-order valence-electron chi connectivity index (χ2n) is 5.35. The molecule has 1 aromatic carbocycles. The van der Waals surface area contributed by atoms with Gasteiger partial charge in [0.2, 0.25) is 11.8 Å². The van der Waals surface area contributed by atoms with E-state index < -0.39 is 21.3 Å². The molecule has 0 radical (unpaired) electrons. The number of benzene rings is 1. The van der Waals surface area contributed by atoms with Gasteiger partial charge >= 0.3 is 0 Å². The van der Waals surface area contributed by atoms with Crippen LogP contribution in [-0.4, -0.2) is 26.8 Å². The number of hydrogen-bond acceptors (Lipinski definition) is 4. The van der Waals surface area contributed by atoms with Crippen LogP contribution in [0.3, 0.4) is 0 Å². The quantitative estimate of drug-likeness (QED) is 0.853. The fourth-order valence-electron chi connectivity index (χ4n) is 2.04. The van der Waals surface area contributed by atoms with Crippen LogP contribution in [0, 0.1) is 5.41 Å². The smallest absolute Gasteiger partial charge is 0.265 e. The van der Waals surface area contributed by atoms with E-state index in [0.717, 1.165) is 0 Å². The van der Waals surface area contributed by atoms with E-state index in [-0.39, 0.29) is 40.2 Å². The first-order valence-corrected chi connectivity index (χ1v) is 8.67. The van der Waals surface area contributed by atoms with Crippen molar-refractivity contribution in [1.29, 1.82) is 0 Å². The summed E-state index contributed by atoms with van der Waals surface area (Å²) >= 11 is 11.6. The van der Waals surface area contributed by atoms with Gasteiger partial charge in [0.1, 0.15) is 4.90 Å². The van der Waals surface area contributed by atoms with Gasteiger partial charge in [0, 0.05) is 18.0 Å². The molecule has 1 saturated heterocycles. The summed E-state index contributed by atoms with van der Waals surface area (Å²) in [5.74, 6) is -0.852. The van der Waals surface area contributed by atoms with Gasteiger partial charge in [-0.3, -0.25) is 9.59 Å². The molecule has 2 amide bonds. The Labute approximate surface area is 138 Å². The predicted molar refractivity (Wildman–Crippen MR) is 82.1 cm³/mol. The largest absolute Gasteiger partial charge is 0.355 e. The lowest BCUT2D eigenvalue weighted by Gasteiger charge is -2.31. The second-order valence-corrected chi connectivity index (χ2v) is 7.84. The van der Waals surface area contributed by atoms with Crippen LogP contribution in [0.5, 0.6) is 0 Å². The molecule has 1 atom stereocenters. The Morgan fingerprint density at radius 1 is 1.36 bits per heavy atom. The average Bonchev–Trinajstić information content (AvgIpc) is 2.44. The standard InChI is InChI=1S/C13H14Cl2N2O4S/c1-13(5-4-11(18)16-7-13)12(19)17-22(20,21)10-6-8(14)2-3-9(10)15/h2-3,6H,4-5,7H2,1H3,(H,16,18)(H,17,19). The van der Waals surface area contributed by atoms with E-state index in [4.69, 9.17) is 23.2 Å². The molecular formula is C13H14Cl2N2O4S. The van der Waals surface area contributed by atoms with Gasteiger partial charge in [-0.25, -0.2) is 13.1 Å². The molecule has 120 valence electrons. The number of halogens is 2. The summed E-state index contributed by atoms with van der Waals surface area (Å²) in [6.45, 7) is 1.67. The minimum Gasteiger partial charge on any atom is -0.355 e. The SMILES string of the molecule is CC1(C(=O)NS(=O)(=O)c2cc(Cl)ccc2Cl)CCC(=O)NC1. The Morgan fingerprint density at radius 2 is 2.05 bits per heavy atom. The summed E-state index contributed by atoms with van der Waals surface area (Å²) in [5, 5.41) is 2.71. The third kappa shape index (κ3) is 3.53. The van der Waals surface area contributed by atoms with Crippen LogP contribution in [0.25, 0.3) is 0 Å². The number of rotatable bonds is 3. The van der Waals surface area contributed by atoms with Gasteiger partial charge in [0.15, 0.2) is 0 Å². The van der Waals surface area contributed by atoms with Crippen molar-refractivity contribution < 1.29 is 18.0 Å². The second kappa shape index (κ2) is 6.06. The molecule has 0 aromatic heterocycles. The summed E-state index contributed by atoms with van der Waals surface area (Å²) in [6.07, 6.45) is 0.436. The van der Waals surface area contributed by atoms with Crippen molar-refractivity contribution in [3.63, 3.8) is 0 Å². The van der Waals surface area contributed by atoms with E-state index in [1.165, 1.54) is 18.2 Å². The topological polar surface area (TPSA) is 92.3 Å². The highest BCUT2D eigenvalue weighted by Gasteiger charge is 2.39. The monoisotopic (exact) mass is 364 g/mol. The molecule has 6 nitrogen and oxygen atoms in total. The summed E-state index contributed by atoms with van der Waals surface area (Å²) in [4.78, 5) is 23.2. The molecule has 0 aliphatic carbocycles.